The molecule has 0 aromatic rings. The minimum atomic E-state index is 0.357. The van der Waals surface area contributed by atoms with Gasteiger partial charge < -0.3 is 20.3 Å². The number of nitrogens with one attached hydrogen (secondary N) is 2. The van der Waals surface area contributed by atoms with Crippen LogP contribution < -0.4 is 10.6 Å². The van der Waals surface area contributed by atoms with Gasteiger partial charge >= 0.3 is 0 Å². The number of likely N-dealkylation sites (tertiary alicyclic amines) is 1. The van der Waals surface area contributed by atoms with E-state index < -0.39 is 0 Å². The predicted octanol–water partition coefficient (Wildman–Crippen LogP) is 2.09. The summed E-state index contributed by atoms with van der Waals surface area (Å²) in [5, 5.41) is 6.81. The molecule has 0 aliphatic carbocycles. The fourth-order valence-corrected chi connectivity index (χ4v) is 3.56. The molecule has 0 saturated carbocycles. The predicted molar refractivity (Wildman–Crippen MR) is 97.0 cm³/mol. The van der Waals surface area contributed by atoms with Gasteiger partial charge in [-0.3, -0.25) is 4.99 Å². The number of guanidine groups is 1. The van der Waals surface area contributed by atoms with E-state index in [4.69, 9.17) is 9.73 Å². The van der Waals surface area contributed by atoms with E-state index in [0.29, 0.717) is 12.0 Å². The first kappa shape index (κ1) is 18.5. The van der Waals surface area contributed by atoms with E-state index in [-0.39, 0.29) is 0 Å². The standard InChI is InChI=1S/C18H36N4O/c1-4-19-18(21-12-17-8-6-10-23-17)20-11-16-7-5-9-22(14-16)13-15(2)3/h15-17H,4-14H2,1-3H3,(H2,19,20,21). The summed E-state index contributed by atoms with van der Waals surface area (Å²) in [6, 6.07) is 0. The molecule has 2 heterocycles. The van der Waals surface area contributed by atoms with Crippen LogP contribution in [0.2, 0.25) is 0 Å². The van der Waals surface area contributed by atoms with E-state index in [1.165, 1.54) is 45.3 Å². The second kappa shape index (κ2) is 10.1. The molecule has 5 nitrogen and oxygen atoms in total. The first-order chi connectivity index (χ1) is 11.2. The zero-order valence-corrected chi connectivity index (χ0v) is 15.3. The lowest BCUT2D eigenvalue weighted by Gasteiger charge is -2.33. The number of hydrogen-bond donors (Lipinski definition) is 2. The van der Waals surface area contributed by atoms with Crippen LogP contribution in [0, 0.1) is 11.8 Å². The van der Waals surface area contributed by atoms with Gasteiger partial charge in [-0.2, -0.15) is 0 Å². The van der Waals surface area contributed by atoms with E-state index >= 15 is 0 Å². The number of ether oxygens (including phenoxy) is 1. The van der Waals surface area contributed by atoms with Gasteiger partial charge in [-0.25, -0.2) is 0 Å². The van der Waals surface area contributed by atoms with Gasteiger partial charge in [0.05, 0.1) is 6.10 Å². The Labute approximate surface area is 142 Å². The molecule has 5 heteroatoms. The molecule has 2 rings (SSSR count). The van der Waals surface area contributed by atoms with E-state index in [1.807, 2.05) is 0 Å². The van der Waals surface area contributed by atoms with Crippen molar-refractivity contribution in [2.45, 2.75) is 52.6 Å². The fourth-order valence-electron chi connectivity index (χ4n) is 3.56. The number of hydrogen-bond acceptors (Lipinski definition) is 3. The number of nitrogens with zero attached hydrogens (tertiary/aromatic N) is 2. The molecule has 2 saturated heterocycles. The van der Waals surface area contributed by atoms with Gasteiger partial charge in [0.2, 0.25) is 0 Å². The number of piperidine rings is 1. The molecule has 2 aliphatic rings. The first-order valence-electron chi connectivity index (χ1n) is 9.53. The third-order valence-corrected chi connectivity index (χ3v) is 4.60. The molecule has 2 aliphatic heterocycles. The van der Waals surface area contributed by atoms with Gasteiger partial charge in [-0.1, -0.05) is 13.8 Å². The molecule has 134 valence electrons. The highest BCUT2D eigenvalue weighted by Crippen LogP contribution is 2.17. The van der Waals surface area contributed by atoms with Crippen molar-refractivity contribution in [3.63, 3.8) is 0 Å². The molecule has 2 fully saturated rings. The van der Waals surface area contributed by atoms with E-state index in [1.54, 1.807) is 0 Å². The maximum Gasteiger partial charge on any atom is 0.191 e. The molecule has 0 aromatic carbocycles. The first-order valence-corrected chi connectivity index (χ1v) is 9.53. The molecule has 0 radical (unpaired) electrons. The smallest absolute Gasteiger partial charge is 0.191 e. The van der Waals surface area contributed by atoms with Crippen molar-refractivity contribution in [3.8, 4) is 0 Å². The number of rotatable bonds is 7. The minimum absolute atomic E-state index is 0.357. The summed E-state index contributed by atoms with van der Waals surface area (Å²) in [5.74, 6) is 2.40. The largest absolute Gasteiger partial charge is 0.376 e. The van der Waals surface area contributed by atoms with Crippen molar-refractivity contribution >= 4 is 5.96 Å². The topological polar surface area (TPSA) is 48.9 Å². The third-order valence-electron chi connectivity index (χ3n) is 4.60. The van der Waals surface area contributed by atoms with Gasteiger partial charge in [0.25, 0.3) is 0 Å². The molecular formula is C18H36N4O. The summed E-state index contributed by atoms with van der Waals surface area (Å²) in [6.45, 7) is 14.0. The van der Waals surface area contributed by atoms with Gasteiger partial charge in [-0.05, 0) is 51.0 Å². The Kier molecular flexibility index (Phi) is 8.17. The second-order valence-electron chi connectivity index (χ2n) is 7.40. The Morgan fingerprint density at radius 1 is 1.26 bits per heavy atom. The lowest BCUT2D eigenvalue weighted by molar-refractivity contribution is 0.113. The van der Waals surface area contributed by atoms with Gasteiger partial charge in [0.1, 0.15) is 0 Å². The Bertz CT molecular complexity index is 353. The van der Waals surface area contributed by atoms with Crippen molar-refractivity contribution in [1.82, 2.24) is 15.5 Å². The summed E-state index contributed by atoms with van der Waals surface area (Å²) < 4.78 is 5.67. The van der Waals surface area contributed by atoms with Crippen LogP contribution in [0.3, 0.4) is 0 Å². The maximum atomic E-state index is 5.67. The van der Waals surface area contributed by atoms with Crippen LogP contribution in [0.25, 0.3) is 0 Å². The maximum absolute atomic E-state index is 5.67. The highest BCUT2D eigenvalue weighted by atomic mass is 16.5. The highest BCUT2D eigenvalue weighted by Gasteiger charge is 2.20. The van der Waals surface area contributed by atoms with Crippen molar-refractivity contribution < 1.29 is 4.74 Å². The Hall–Kier alpha value is -0.810. The molecule has 23 heavy (non-hydrogen) atoms. The highest BCUT2D eigenvalue weighted by molar-refractivity contribution is 5.79. The molecule has 2 N–H and O–H groups in total. The molecule has 0 aromatic heterocycles. The van der Waals surface area contributed by atoms with Crippen LogP contribution in [0.15, 0.2) is 4.99 Å². The quantitative estimate of drug-likeness (QED) is 0.556. The summed E-state index contributed by atoms with van der Waals surface area (Å²) in [7, 11) is 0. The van der Waals surface area contributed by atoms with Gasteiger partial charge in [0.15, 0.2) is 5.96 Å². The molecule has 0 spiro atoms. The van der Waals surface area contributed by atoms with Crippen LogP contribution >= 0.6 is 0 Å². The zero-order valence-electron chi connectivity index (χ0n) is 15.3. The average molecular weight is 325 g/mol. The lowest BCUT2D eigenvalue weighted by atomic mass is 9.97. The van der Waals surface area contributed by atoms with Gasteiger partial charge in [0, 0.05) is 39.3 Å². The van der Waals surface area contributed by atoms with Gasteiger partial charge in [-0.15, -0.1) is 0 Å². The van der Waals surface area contributed by atoms with Crippen LogP contribution in [0.5, 0.6) is 0 Å². The van der Waals surface area contributed by atoms with Crippen LogP contribution in [0.4, 0.5) is 0 Å². The van der Waals surface area contributed by atoms with Crippen molar-refractivity contribution in [3.05, 3.63) is 0 Å². The Morgan fingerprint density at radius 3 is 2.83 bits per heavy atom. The van der Waals surface area contributed by atoms with Crippen LogP contribution in [-0.4, -0.2) is 62.8 Å². The minimum Gasteiger partial charge on any atom is -0.376 e. The normalized spacial score (nSPS) is 26.7. The average Bonchev–Trinajstić information content (AvgIpc) is 3.03. The molecule has 0 amide bonds. The molecule has 0 bridgehead atoms. The summed E-state index contributed by atoms with van der Waals surface area (Å²) in [5.41, 5.74) is 0. The number of aliphatic imine (C=N–C) groups is 1. The summed E-state index contributed by atoms with van der Waals surface area (Å²) >= 11 is 0. The Balaban J connectivity index is 1.76. The van der Waals surface area contributed by atoms with E-state index in [9.17, 15) is 0 Å². The fraction of sp³-hybridized carbons (Fsp3) is 0.944. The zero-order chi connectivity index (χ0) is 16.5. The van der Waals surface area contributed by atoms with Crippen molar-refractivity contribution in [2.75, 3.05) is 45.9 Å². The molecule has 2 unspecified atom stereocenters. The lowest BCUT2D eigenvalue weighted by Crippen LogP contribution is -2.42. The summed E-state index contributed by atoms with van der Waals surface area (Å²) in [6.07, 6.45) is 5.33. The van der Waals surface area contributed by atoms with Crippen molar-refractivity contribution in [2.24, 2.45) is 16.8 Å². The van der Waals surface area contributed by atoms with E-state index in [2.05, 4.69) is 36.3 Å². The second-order valence-corrected chi connectivity index (χ2v) is 7.40. The van der Waals surface area contributed by atoms with E-state index in [0.717, 1.165) is 38.1 Å². The molecular weight excluding hydrogens is 288 g/mol. The third kappa shape index (κ3) is 7.08. The SMILES string of the molecule is CCNC(=NCC1CCCN(CC(C)C)C1)NCC1CCCO1. The van der Waals surface area contributed by atoms with Crippen molar-refractivity contribution in [1.29, 1.82) is 0 Å². The van der Waals surface area contributed by atoms with Crippen LogP contribution in [0.1, 0.15) is 46.5 Å². The molecule has 2 atom stereocenters. The van der Waals surface area contributed by atoms with Crippen LogP contribution in [-0.2, 0) is 4.74 Å². The Morgan fingerprint density at radius 2 is 2.13 bits per heavy atom. The monoisotopic (exact) mass is 324 g/mol. The summed E-state index contributed by atoms with van der Waals surface area (Å²) in [4.78, 5) is 7.44.